The van der Waals surface area contributed by atoms with Crippen molar-refractivity contribution >= 4 is 17.5 Å². The molecule has 2 amide bonds. The molecule has 0 unspecified atom stereocenters. The van der Waals surface area contributed by atoms with Crippen LogP contribution in [0.15, 0.2) is 36.0 Å². The fourth-order valence-electron chi connectivity index (χ4n) is 2.82. The molecular formula is C20H26N4O2. The Hall–Kier alpha value is -2.81. The van der Waals surface area contributed by atoms with Crippen LogP contribution in [0.2, 0.25) is 0 Å². The van der Waals surface area contributed by atoms with Crippen LogP contribution in [0.5, 0.6) is 0 Å². The minimum atomic E-state index is -0.414. The van der Waals surface area contributed by atoms with Gasteiger partial charge in [0.15, 0.2) is 0 Å². The van der Waals surface area contributed by atoms with E-state index in [2.05, 4.69) is 12.2 Å². The molecule has 6 heteroatoms. The van der Waals surface area contributed by atoms with Gasteiger partial charge in [0, 0.05) is 45.0 Å². The van der Waals surface area contributed by atoms with Crippen molar-refractivity contribution in [3.8, 4) is 6.07 Å². The minimum absolute atomic E-state index is 0.0502. The van der Waals surface area contributed by atoms with E-state index < -0.39 is 5.91 Å². The molecular weight excluding hydrogens is 328 g/mol. The molecule has 1 fully saturated rings. The highest BCUT2D eigenvalue weighted by molar-refractivity contribution is 6.06. The average molecular weight is 354 g/mol. The first-order valence-corrected chi connectivity index (χ1v) is 9.05. The number of nitrogens with one attached hydrogen (secondary N) is 1. The van der Waals surface area contributed by atoms with Crippen molar-refractivity contribution in [2.45, 2.75) is 33.1 Å². The van der Waals surface area contributed by atoms with Crippen molar-refractivity contribution in [3.63, 3.8) is 0 Å². The van der Waals surface area contributed by atoms with E-state index in [1.54, 1.807) is 18.0 Å². The van der Waals surface area contributed by atoms with Crippen molar-refractivity contribution in [1.29, 1.82) is 5.26 Å². The molecule has 1 aromatic rings. The molecule has 1 heterocycles. The van der Waals surface area contributed by atoms with Crippen LogP contribution in [0.4, 0.5) is 5.69 Å². The summed E-state index contributed by atoms with van der Waals surface area (Å²) in [6.45, 7) is 6.14. The summed E-state index contributed by atoms with van der Waals surface area (Å²) < 4.78 is 0. The molecule has 6 nitrogen and oxygen atoms in total. The van der Waals surface area contributed by atoms with Crippen molar-refractivity contribution in [1.82, 2.24) is 9.80 Å². The molecule has 2 rings (SSSR count). The van der Waals surface area contributed by atoms with Crippen LogP contribution in [-0.4, -0.2) is 47.8 Å². The van der Waals surface area contributed by atoms with Gasteiger partial charge in [0.25, 0.3) is 5.91 Å². The van der Waals surface area contributed by atoms with Gasteiger partial charge in [0.2, 0.25) is 5.91 Å². The number of benzene rings is 1. The van der Waals surface area contributed by atoms with Crippen molar-refractivity contribution < 1.29 is 9.59 Å². The first-order chi connectivity index (χ1) is 12.5. The highest BCUT2D eigenvalue weighted by Gasteiger charge is 2.18. The molecule has 0 aromatic heterocycles. The minimum Gasteiger partial charge on any atom is -0.373 e. The van der Waals surface area contributed by atoms with Gasteiger partial charge >= 0.3 is 0 Å². The van der Waals surface area contributed by atoms with Gasteiger partial charge in [-0.2, -0.15) is 5.26 Å². The summed E-state index contributed by atoms with van der Waals surface area (Å²) in [5.41, 5.74) is 1.98. The molecule has 1 N–H and O–H groups in total. The smallest absolute Gasteiger partial charge is 0.267 e. The second-order valence-electron chi connectivity index (χ2n) is 6.45. The largest absolute Gasteiger partial charge is 0.373 e. The molecule has 0 radical (unpaired) electrons. The van der Waals surface area contributed by atoms with E-state index in [9.17, 15) is 14.9 Å². The fraction of sp³-hybridized carbons (Fsp3) is 0.450. The zero-order chi connectivity index (χ0) is 18.9. The molecule has 1 aliphatic rings. The summed E-state index contributed by atoms with van der Waals surface area (Å²) in [6, 6.07) is 9.70. The maximum Gasteiger partial charge on any atom is 0.267 e. The average Bonchev–Trinajstić information content (AvgIpc) is 2.65. The molecule has 26 heavy (non-hydrogen) atoms. The second-order valence-corrected chi connectivity index (χ2v) is 6.45. The summed E-state index contributed by atoms with van der Waals surface area (Å²) in [4.78, 5) is 27.4. The fourth-order valence-corrected chi connectivity index (χ4v) is 2.82. The summed E-state index contributed by atoms with van der Waals surface area (Å²) in [5.74, 6) is -0.364. The van der Waals surface area contributed by atoms with Gasteiger partial charge in [-0.05, 0) is 30.5 Å². The zero-order valence-corrected chi connectivity index (χ0v) is 15.5. The van der Waals surface area contributed by atoms with Crippen LogP contribution in [-0.2, 0) is 16.0 Å². The number of hydrogen-bond donors (Lipinski definition) is 1. The molecule has 1 saturated heterocycles. The Kier molecular flexibility index (Phi) is 7.22. The summed E-state index contributed by atoms with van der Waals surface area (Å²) in [7, 11) is 0. The third kappa shape index (κ3) is 5.62. The van der Waals surface area contributed by atoms with Gasteiger partial charge in [0.05, 0.1) is 0 Å². The Morgan fingerprint density at radius 2 is 1.85 bits per heavy atom. The van der Waals surface area contributed by atoms with E-state index in [0.29, 0.717) is 31.9 Å². The lowest BCUT2D eigenvalue weighted by atomic mass is 10.1. The maximum atomic E-state index is 12.4. The van der Waals surface area contributed by atoms with Gasteiger partial charge in [0.1, 0.15) is 11.6 Å². The van der Waals surface area contributed by atoms with Gasteiger partial charge in [-0.25, -0.2) is 0 Å². The molecule has 0 spiro atoms. The Balaban J connectivity index is 1.94. The number of hydrogen-bond acceptors (Lipinski definition) is 4. The Labute approximate surface area is 155 Å². The standard InChI is InChI=1S/C20H26N4O2/c1-3-4-5-17-6-8-19(9-7-17)22-20(26)18(14-21)15-23-10-12-24(13-11-23)16(2)25/h6-9,15H,3-5,10-13H2,1-2H3,(H,22,26)/b18-15-. The number of rotatable bonds is 6. The number of aryl methyl sites for hydroxylation is 1. The number of nitriles is 1. The second kappa shape index (κ2) is 9.62. The normalized spacial score (nSPS) is 14.7. The van der Waals surface area contributed by atoms with Crippen molar-refractivity contribution in [3.05, 3.63) is 41.6 Å². The molecule has 1 aromatic carbocycles. The molecule has 138 valence electrons. The monoisotopic (exact) mass is 354 g/mol. The maximum absolute atomic E-state index is 12.4. The van der Waals surface area contributed by atoms with Crippen molar-refractivity contribution in [2.75, 3.05) is 31.5 Å². The Morgan fingerprint density at radius 3 is 2.38 bits per heavy atom. The van der Waals surface area contributed by atoms with Gasteiger partial charge in [-0.1, -0.05) is 25.5 Å². The number of anilines is 1. The zero-order valence-electron chi connectivity index (χ0n) is 15.5. The number of piperazine rings is 1. The van der Waals surface area contributed by atoms with E-state index in [1.807, 2.05) is 35.2 Å². The van der Waals surface area contributed by atoms with Crippen LogP contribution < -0.4 is 5.32 Å². The van der Waals surface area contributed by atoms with E-state index >= 15 is 0 Å². The van der Waals surface area contributed by atoms with Crippen LogP contribution in [0, 0.1) is 11.3 Å². The molecule has 1 aliphatic heterocycles. The van der Waals surface area contributed by atoms with Crippen LogP contribution in [0.25, 0.3) is 0 Å². The van der Waals surface area contributed by atoms with Crippen LogP contribution in [0.1, 0.15) is 32.3 Å². The quantitative estimate of drug-likeness (QED) is 0.629. The topological polar surface area (TPSA) is 76.4 Å². The number of nitrogens with zero attached hydrogens (tertiary/aromatic N) is 3. The molecule has 0 bridgehead atoms. The Bertz CT molecular complexity index is 696. The van der Waals surface area contributed by atoms with E-state index in [0.717, 1.165) is 19.3 Å². The predicted octanol–water partition coefficient (Wildman–Crippen LogP) is 2.54. The number of unbranched alkanes of at least 4 members (excludes halogenated alkanes) is 1. The third-order valence-electron chi connectivity index (χ3n) is 4.47. The van der Waals surface area contributed by atoms with Gasteiger partial charge < -0.3 is 15.1 Å². The van der Waals surface area contributed by atoms with Crippen LogP contribution >= 0.6 is 0 Å². The lowest BCUT2D eigenvalue weighted by Crippen LogP contribution is -2.46. The molecule has 0 atom stereocenters. The van der Waals surface area contributed by atoms with Gasteiger partial charge in [-0.15, -0.1) is 0 Å². The van der Waals surface area contributed by atoms with E-state index in [-0.39, 0.29) is 11.5 Å². The summed E-state index contributed by atoms with van der Waals surface area (Å²) >= 11 is 0. The first kappa shape index (κ1) is 19.5. The summed E-state index contributed by atoms with van der Waals surface area (Å²) in [5, 5.41) is 12.1. The molecule has 0 aliphatic carbocycles. The number of amides is 2. The number of carbonyl (C=O) groups is 2. The predicted molar refractivity (Wildman–Crippen MR) is 101 cm³/mol. The Morgan fingerprint density at radius 1 is 1.19 bits per heavy atom. The lowest BCUT2D eigenvalue weighted by molar-refractivity contribution is -0.130. The van der Waals surface area contributed by atoms with Crippen LogP contribution in [0.3, 0.4) is 0 Å². The highest BCUT2D eigenvalue weighted by Crippen LogP contribution is 2.13. The van der Waals surface area contributed by atoms with E-state index in [4.69, 9.17) is 0 Å². The highest BCUT2D eigenvalue weighted by atomic mass is 16.2. The summed E-state index contributed by atoms with van der Waals surface area (Å²) in [6.07, 6.45) is 4.90. The third-order valence-corrected chi connectivity index (χ3v) is 4.47. The lowest BCUT2D eigenvalue weighted by Gasteiger charge is -2.33. The van der Waals surface area contributed by atoms with E-state index in [1.165, 1.54) is 5.56 Å². The number of carbonyl (C=O) groups excluding carboxylic acids is 2. The SMILES string of the molecule is CCCCc1ccc(NC(=O)/C(C#N)=C\N2CCN(C(C)=O)CC2)cc1. The van der Waals surface area contributed by atoms with Crippen molar-refractivity contribution in [2.24, 2.45) is 0 Å². The first-order valence-electron chi connectivity index (χ1n) is 9.05. The van der Waals surface area contributed by atoms with Gasteiger partial charge in [-0.3, -0.25) is 9.59 Å². The molecule has 0 saturated carbocycles.